The van der Waals surface area contributed by atoms with Crippen molar-refractivity contribution in [2.75, 3.05) is 19.8 Å². The maximum absolute atomic E-state index is 12.4. The van der Waals surface area contributed by atoms with E-state index in [1.807, 2.05) is 0 Å². The van der Waals surface area contributed by atoms with Crippen LogP contribution < -0.4 is 20.4 Å². The number of ether oxygens (including phenoxy) is 3. The quantitative estimate of drug-likeness (QED) is 0.188. The van der Waals surface area contributed by atoms with Crippen LogP contribution in [0.5, 0.6) is 11.5 Å². The molecule has 1 N–H and O–H groups in total. The molecule has 1 aliphatic heterocycles. The van der Waals surface area contributed by atoms with Gasteiger partial charge in [0.25, 0.3) is 5.91 Å². The Bertz CT molecular complexity index is 1280. The molecule has 1 saturated heterocycles. The molecule has 3 aromatic rings. The van der Waals surface area contributed by atoms with Crippen LogP contribution in [0.3, 0.4) is 0 Å². The minimum Gasteiger partial charge on any atom is -0.492 e. The minimum atomic E-state index is -0.774. The average molecular weight is 520 g/mol. The Hall–Kier alpha value is -3.07. The summed E-state index contributed by atoms with van der Waals surface area (Å²) in [5.41, 5.74) is -0.665. The normalized spacial score (nSPS) is 15.2. The van der Waals surface area contributed by atoms with E-state index < -0.39 is 17.5 Å². The zero-order chi connectivity index (χ0) is 24.8. The van der Waals surface area contributed by atoms with Crippen LogP contribution in [0.1, 0.15) is 36.0 Å². The summed E-state index contributed by atoms with van der Waals surface area (Å²) < 4.78 is 21.7. The molecule has 0 saturated carbocycles. The Balaban J connectivity index is 1.30. The van der Waals surface area contributed by atoms with Gasteiger partial charge in [-0.1, -0.05) is 23.2 Å². The summed E-state index contributed by atoms with van der Waals surface area (Å²) in [6, 6.07) is 11.0. The van der Waals surface area contributed by atoms with Crippen molar-refractivity contribution in [3.63, 3.8) is 0 Å². The van der Waals surface area contributed by atoms with E-state index in [4.69, 9.17) is 41.8 Å². The number of esters is 1. The molecule has 4 rings (SSSR count). The Kier molecular flexibility index (Phi) is 8.28. The maximum Gasteiger partial charge on any atom is 0.349 e. The van der Waals surface area contributed by atoms with Crippen molar-refractivity contribution in [1.82, 2.24) is 5.32 Å². The third-order valence-corrected chi connectivity index (χ3v) is 5.91. The van der Waals surface area contributed by atoms with E-state index in [1.165, 1.54) is 12.1 Å². The lowest BCUT2D eigenvalue weighted by Crippen LogP contribution is -2.34. The van der Waals surface area contributed by atoms with Crippen LogP contribution in [0.25, 0.3) is 11.0 Å². The molecule has 35 heavy (non-hydrogen) atoms. The molecular weight excluding hydrogens is 497 g/mol. The standard InChI is InChI=1S/C25H23Cl2NO7/c26-16-6-8-21(20(27)12-16)33-10-2-4-23(29)34-17-7-5-15-11-19(25(31)35-22(15)13-17)24(30)28-14-18-3-1-9-32-18/h5-8,11-13,18H,1-4,9-10,14H2,(H,28,30). The fourth-order valence-corrected chi connectivity index (χ4v) is 4.06. The Morgan fingerprint density at radius 2 is 1.97 bits per heavy atom. The van der Waals surface area contributed by atoms with Crippen molar-refractivity contribution < 1.29 is 28.2 Å². The predicted molar refractivity (Wildman–Crippen MR) is 131 cm³/mol. The molecule has 0 radical (unpaired) electrons. The first kappa shape index (κ1) is 25.0. The number of carbonyl (C=O) groups excluding carboxylic acids is 2. The van der Waals surface area contributed by atoms with Gasteiger partial charge in [0, 0.05) is 36.0 Å². The number of amides is 1. The molecule has 2 aromatic carbocycles. The van der Waals surface area contributed by atoms with Crippen LogP contribution in [-0.4, -0.2) is 37.7 Å². The summed E-state index contributed by atoms with van der Waals surface area (Å²) in [5, 5.41) is 4.13. The number of halogens is 2. The summed E-state index contributed by atoms with van der Waals surface area (Å²) in [5.74, 6) is -0.284. The average Bonchev–Trinajstić information content (AvgIpc) is 3.34. The second-order valence-electron chi connectivity index (χ2n) is 7.99. The van der Waals surface area contributed by atoms with Gasteiger partial charge in [-0.2, -0.15) is 0 Å². The van der Waals surface area contributed by atoms with Crippen LogP contribution in [0.15, 0.2) is 51.7 Å². The first-order valence-corrected chi connectivity index (χ1v) is 11.9. The number of benzene rings is 2. The molecule has 10 heteroatoms. The van der Waals surface area contributed by atoms with Gasteiger partial charge in [-0.05, 0) is 55.7 Å². The lowest BCUT2D eigenvalue weighted by molar-refractivity contribution is -0.134. The number of hydrogen-bond donors (Lipinski definition) is 1. The summed E-state index contributed by atoms with van der Waals surface area (Å²) in [6.45, 7) is 1.28. The summed E-state index contributed by atoms with van der Waals surface area (Å²) in [6.07, 6.45) is 2.31. The first-order chi connectivity index (χ1) is 16.9. The molecular formula is C25H23Cl2NO7. The highest BCUT2D eigenvalue weighted by Gasteiger charge is 2.19. The Morgan fingerprint density at radius 1 is 1.11 bits per heavy atom. The molecule has 1 fully saturated rings. The number of hydrogen-bond acceptors (Lipinski definition) is 7. The highest BCUT2D eigenvalue weighted by Crippen LogP contribution is 2.27. The van der Waals surface area contributed by atoms with Gasteiger partial charge in [-0.3, -0.25) is 9.59 Å². The van der Waals surface area contributed by atoms with E-state index in [9.17, 15) is 14.4 Å². The zero-order valence-corrected chi connectivity index (χ0v) is 20.2. The van der Waals surface area contributed by atoms with E-state index in [1.54, 1.807) is 30.3 Å². The first-order valence-electron chi connectivity index (χ1n) is 11.2. The third-order valence-electron chi connectivity index (χ3n) is 5.37. The summed E-state index contributed by atoms with van der Waals surface area (Å²) in [7, 11) is 0. The Labute approximate surface area is 211 Å². The summed E-state index contributed by atoms with van der Waals surface area (Å²) in [4.78, 5) is 36.9. The fourth-order valence-electron chi connectivity index (χ4n) is 3.59. The lowest BCUT2D eigenvalue weighted by Gasteiger charge is -2.10. The van der Waals surface area contributed by atoms with Gasteiger partial charge in [0.05, 0.1) is 17.7 Å². The van der Waals surface area contributed by atoms with Crippen LogP contribution >= 0.6 is 23.2 Å². The van der Waals surface area contributed by atoms with E-state index in [2.05, 4.69) is 5.32 Å². The number of rotatable bonds is 9. The third kappa shape index (κ3) is 6.75. The van der Waals surface area contributed by atoms with Crippen molar-refractivity contribution in [2.24, 2.45) is 0 Å². The molecule has 1 amide bonds. The van der Waals surface area contributed by atoms with Crippen molar-refractivity contribution in [1.29, 1.82) is 0 Å². The zero-order valence-electron chi connectivity index (χ0n) is 18.7. The lowest BCUT2D eigenvalue weighted by atomic mass is 10.1. The second-order valence-corrected chi connectivity index (χ2v) is 8.84. The fraction of sp³-hybridized carbons (Fsp3) is 0.320. The maximum atomic E-state index is 12.4. The van der Waals surface area contributed by atoms with Gasteiger partial charge in [0.1, 0.15) is 22.6 Å². The second kappa shape index (κ2) is 11.6. The van der Waals surface area contributed by atoms with Gasteiger partial charge in [0.2, 0.25) is 0 Å². The molecule has 184 valence electrons. The minimum absolute atomic E-state index is 0.0366. The van der Waals surface area contributed by atoms with E-state index in [-0.39, 0.29) is 36.0 Å². The number of carbonyl (C=O) groups is 2. The molecule has 2 heterocycles. The van der Waals surface area contributed by atoms with Gasteiger partial charge in [-0.15, -0.1) is 0 Å². The van der Waals surface area contributed by atoms with Crippen molar-refractivity contribution in [3.05, 3.63) is 68.5 Å². The van der Waals surface area contributed by atoms with Gasteiger partial charge < -0.3 is 23.9 Å². The van der Waals surface area contributed by atoms with Gasteiger partial charge in [-0.25, -0.2) is 4.79 Å². The van der Waals surface area contributed by atoms with Crippen LogP contribution in [0.2, 0.25) is 10.0 Å². The largest absolute Gasteiger partial charge is 0.492 e. The molecule has 0 spiro atoms. The predicted octanol–water partition coefficient (Wildman–Crippen LogP) is 4.77. The summed E-state index contributed by atoms with van der Waals surface area (Å²) >= 11 is 11.9. The van der Waals surface area contributed by atoms with Crippen molar-refractivity contribution in [2.45, 2.75) is 31.8 Å². The number of fused-ring (bicyclic) bond motifs is 1. The molecule has 1 aliphatic rings. The van der Waals surface area contributed by atoms with Crippen molar-refractivity contribution >= 4 is 46.0 Å². The Morgan fingerprint density at radius 3 is 2.74 bits per heavy atom. The molecule has 8 nitrogen and oxygen atoms in total. The highest BCUT2D eigenvalue weighted by atomic mass is 35.5. The molecule has 1 aromatic heterocycles. The molecule has 0 aliphatic carbocycles. The van der Waals surface area contributed by atoms with Gasteiger partial charge >= 0.3 is 11.6 Å². The SMILES string of the molecule is O=C(CCCOc1ccc(Cl)cc1Cl)Oc1ccc2cc(C(=O)NCC3CCCO3)c(=O)oc2c1. The highest BCUT2D eigenvalue weighted by molar-refractivity contribution is 6.35. The van der Waals surface area contributed by atoms with Crippen molar-refractivity contribution in [3.8, 4) is 11.5 Å². The van der Waals surface area contributed by atoms with Crippen LogP contribution in [-0.2, 0) is 9.53 Å². The van der Waals surface area contributed by atoms with E-state index in [0.717, 1.165) is 12.8 Å². The van der Waals surface area contributed by atoms with Crippen LogP contribution in [0, 0.1) is 0 Å². The topological polar surface area (TPSA) is 104 Å². The molecule has 0 bridgehead atoms. The van der Waals surface area contributed by atoms with E-state index in [0.29, 0.717) is 40.8 Å². The monoisotopic (exact) mass is 519 g/mol. The van der Waals surface area contributed by atoms with Crippen LogP contribution in [0.4, 0.5) is 0 Å². The molecule has 1 atom stereocenters. The molecule has 1 unspecified atom stereocenters. The smallest absolute Gasteiger partial charge is 0.349 e. The number of nitrogens with one attached hydrogen (secondary N) is 1. The van der Waals surface area contributed by atoms with E-state index >= 15 is 0 Å². The van der Waals surface area contributed by atoms with Gasteiger partial charge in [0.15, 0.2) is 0 Å².